The Labute approximate surface area is 187 Å². The maximum Gasteiger partial charge on any atom is 0.263 e. The first-order valence-corrected chi connectivity index (χ1v) is 11.7. The summed E-state index contributed by atoms with van der Waals surface area (Å²) in [5.41, 5.74) is 0.525. The Morgan fingerprint density at radius 3 is 2.55 bits per heavy atom. The van der Waals surface area contributed by atoms with Crippen molar-refractivity contribution in [3.63, 3.8) is 0 Å². The fraction of sp³-hybridized carbons (Fsp3) is 0.333. The lowest BCUT2D eigenvalue weighted by Gasteiger charge is -2.19. The zero-order valence-corrected chi connectivity index (χ0v) is 19.2. The molecule has 1 N–H and O–H groups in total. The summed E-state index contributed by atoms with van der Waals surface area (Å²) in [5.74, 6) is 1.13. The third-order valence-electron chi connectivity index (χ3n) is 4.82. The molecule has 0 aliphatic carbocycles. The third-order valence-corrected chi connectivity index (χ3v) is 6.39. The average molecular weight is 465 g/mol. The number of benzene rings is 2. The molecule has 0 fully saturated rings. The monoisotopic (exact) mass is 464 g/mol. The van der Waals surface area contributed by atoms with Gasteiger partial charge in [0.1, 0.15) is 12.9 Å². The number of sulfonamides is 1. The van der Waals surface area contributed by atoms with Gasteiger partial charge in [0.15, 0.2) is 17.3 Å². The molecule has 1 aromatic heterocycles. The highest BCUT2D eigenvalue weighted by molar-refractivity contribution is 7.92. The number of hydrogen-bond donors (Lipinski definition) is 1. The van der Waals surface area contributed by atoms with Gasteiger partial charge in [-0.05, 0) is 37.4 Å². The van der Waals surface area contributed by atoms with Crippen molar-refractivity contribution in [2.24, 2.45) is 0 Å². The number of methoxy groups -OCH3 is 1. The van der Waals surface area contributed by atoms with Gasteiger partial charge in [0.25, 0.3) is 10.0 Å². The number of nitrogens with zero attached hydrogens (tertiary/aromatic N) is 3. The van der Waals surface area contributed by atoms with E-state index in [-0.39, 0.29) is 10.7 Å². The molecule has 2 aromatic carbocycles. The van der Waals surface area contributed by atoms with Gasteiger partial charge in [-0.1, -0.05) is 31.5 Å². The predicted octanol–water partition coefficient (Wildman–Crippen LogP) is 3.81. The molecule has 0 aliphatic rings. The smallest absolute Gasteiger partial charge is 0.263 e. The van der Waals surface area contributed by atoms with Crippen molar-refractivity contribution in [1.29, 1.82) is 0 Å². The van der Waals surface area contributed by atoms with Gasteiger partial charge in [-0.3, -0.25) is 4.72 Å². The van der Waals surface area contributed by atoms with E-state index in [9.17, 15) is 8.42 Å². The number of fused-ring (bicyclic) bond motifs is 1. The molecule has 1 heterocycles. The van der Waals surface area contributed by atoms with E-state index in [4.69, 9.17) is 21.1 Å². The van der Waals surface area contributed by atoms with Crippen LogP contribution in [0.1, 0.15) is 13.8 Å². The normalized spacial score (nSPS) is 11.6. The minimum absolute atomic E-state index is 0.0371. The third kappa shape index (κ3) is 5.55. The number of anilines is 1. The average Bonchev–Trinajstić information content (AvgIpc) is 2.76. The van der Waals surface area contributed by atoms with E-state index < -0.39 is 10.0 Å². The molecule has 3 aromatic rings. The van der Waals surface area contributed by atoms with Gasteiger partial charge in [-0.15, -0.1) is 0 Å². The standard InChI is InChI=1S/C21H25ClN4O4S/c1-4-26(5-2)9-10-30-20-13-18-17(12-19(20)29-3)21(24-14-23-18)25-31(27,28)16-8-6-7-15(22)11-16/h6-8,11-14H,4-5,9-10H2,1-3H3,(H,23,24,25). The van der Waals surface area contributed by atoms with Crippen molar-refractivity contribution >= 4 is 38.3 Å². The molecule has 31 heavy (non-hydrogen) atoms. The van der Waals surface area contributed by atoms with Crippen molar-refractivity contribution in [2.45, 2.75) is 18.7 Å². The molecule has 8 nitrogen and oxygen atoms in total. The Bertz CT molecular complexity index is 1150. The Hall–Kier alpha value is -2.62. The number of halogens is 1. The van der Waals surface area contributed by atoms with E-state index in [1.165, 1.54) is 25.6 Å². The van der Waals surface area contributed by atoms with Crippen LogP contribution in [0.5, 0.6) is 11.5 Å². The van der Waals surface area contributed by atoms with Crippen LogP contribution in [-0.4, -0.2) is 56.6 Å². The van der Waals surface area contributed by atoms with Crippen molar-refractivity contribution in [3.05, 3.63) is 47.7 Å². The number of likely N-dealkylation sites (N-methyl/N-ethyl adjacent to an activating group) is 1. The van der Waals surface area contributed by atoms with Crippen LogP contribution in [0.25, 0.3) is 10.9 Å². The second-order valence-electron chi connectivity index (χ2n) is 6.68. The lowest BCUT2D eigenvalue weighted by atomic mass is 10.2. The van der Waals surface area contributed by atoms with Crippen LogP contribution in [0.3, 0.4) is 0 Å². The quantitative estimate of drug-likeness (QED) is 0.487. The summed E-state index contributed by atoms with van der Waals surface area (Å²) in [6, 6.07) is 9.38. The van der Waals surface area contributed by atoms with Crippen LogP contribution in [0.15, 0.2) is 47.6 Å². The van der Waals surface area contributed by atoms with Crippen molar-refractivity contribution < 1.29 is 17.9 Å². The first kappa shape index (κ1) is 23.1. The van der Waals surface area contributed by atoms with Gasteiger partial charge in [0.05, 0.1) is 17.5 Å². The van der Waals surface area contributed by atoms with Crippen LogP contribution in [0, 0.1) is 0 Å². The zero-order chi connectivity index (χ0) is 22.4. The summed E-state index contributed by atoms with van der Waals surface area (Å²) >= 11 is 5.93. The minimum atomic E-state index is -3.89. The van der Waals surface area contributed by atoms with Crippen LogP contribution in [0.2, 0.25) is 5.02 Å². The fourth-order valence-electron chi connectivity index (χ4n) is 3.06. The second kappa shape index (κ2) is 10.1. The maximum absolute atomic E-state index is 12.8. The first-order valence-electron chi connectivity index (χ1n) is 9.84. The summed E-state index contributed by atoms with van der Waals surface area (Å²) in [6.45, 7) is 7.35. The van der Waals surface area contributed by atoms with Gasteiger partial charge < -0.3 is 14.4 Å². The number of nitrogens with one attached hydrogen (secondary N) is 1. The van der Waals surface area contributed by atoms with Gasteiger partial charge in [0, 0.05) is 23.0 Å². The summed E-state index contributed by atoms with van der Waals surface area (Å²) < 4.78 is 39.5. The molecule has 0 amide bonds. The number of aromatic nitrogens is 2. The van der Waals surface area contributed by atoms with E-state index in [0.717, 1.165) is 19.6 Å². The lowest BCUT2D eigenvalue weighted by Crippen LogP contribution is -2.27. The summed E-state index contributed by atoms with van der Waals surface area (Å²) in [4.78, 5) is 10.7. The molecular weight excluding hydrogens is 440 g/mol. The van der Waals surface area contributed by atoms with Crippen LogP contribution in [0.4, 0.5) is 5.82 Å². The van der Waals surface area contributed by atoms with Gasteiger partial charge in [0.2, 0.25) is 0 Å². The van der Waals surface area contributed by atoms with Crippen LogP contribution >= 0.6 is 11.6 Å². The molecule has 0 atom stereocenters. The summed E-state index contributed by atoms with van der Waals surface area (Å²) in [5, 5.41) is 0.810. The van der Waals surface area contributed by atoms with Crippen molar-refractivity contribution in [2.75, 3.05) is 38.1 Å². The Kier molecular flexibility index (Phi) is 7.53. The number of rotatable bonds is 10. The molecular formula is C21H25ClN4O4S. The first-order chi connectivity index (χ1) is 14.9. The largest absolute Gasteiger partial charge is 0.493 e. The summed E-state index contributed by atoms with van der Waals surface area (Å²) in [7, 11) is -2.36. The maximum atomic E-state index is 12.8. The number of hydrogen-bond acceptors (Lipinski definition) is 7. The molecule has 0 spiro atoms. The Morgan fingerprint density at radius 1 is 1.10 bits per heavy atom. The van der Waals surface area contributed by atoms with Crippen molar-refractivity contribution in [1.82, 2.24) is 14.9 Å². The Morgan fingerprint density at radius 2 is 1.87 bits per heavy atom. The van der Waals surface area contributed by atoms with Gasteiger partial charge in [-0.25, -0.2) is 18.4 Å². The summed E-state index contributed by atoms with van der Waals surface area (Å²) in [6.07, 6.45) is 1.30. The fourth-order valence-corrected chi connectivity index (χ4v) is 4.39. The van der Waals surface area contributed by atoms with E-state index >= 15 is 0 Å². The molecule has 0 saturated heterocycles. The number of ether oxygens (including phenoxy) is 2. The highest BCUT2D eigenvalue weighted by Gasteiger charge is 2.19. The molecule has 0 saturated carbocycles. The molecule has 166 valence electrons. The van der Waals surface area contributed by atoms with Gasteiger partial charge >= 0.3 is 0 Å². The SMILES string of the molecule is CCN(CC)CCOc1cc2ncnc(NS(=O)(=O)c3cccc(Cl)c3)c2cc1OC. The minimum Gasteiger partial charge on any atom is -0.493 e. The van der Waals surface area contributed by atoms with Crippen molar-refractivity contribution in [3.8, 4) is 11.5 Å². The van der Waals surface area contributed by atoms with E-state index in [1.54, 1.807) is 24.3 Å². The van der Waals surface area contributed by atoms with Crippen LogP contribution < -0.4 is 14.2 Å². The second-order valence-corrected chi connectivity index (χ2v) is 8.80. The zero-order valence-electron chi connectivity index (χ0n) is 17.6. The molecule has 0 unspecified atom stereocenters. The van der Waals surface area contributed by atoms with Crippen LogP contribution in [-0.2, 0) is 10.0 Å². The molecule has 3 rings (SSSR count). The molecule has 10 heteroatoms. The van der Waals surface area contributed by atoms with E-state index in [1.807, 2.05) is 0 Å². The van der Waals surface area contributed by atoms with E-state index in [2.05, 4.69) is 33.4 Å². The predicted molar refractivity (Wildman–Crippen MR) is 122 cm³/mol. The Balaban J connectivity index is 1.90. The molecule has 0 bridgehead atoms. The molecule has 0 aliphatic heterocycles. The lowest BCUT2D eigenvalue weighted by molar-refractivity contribution is 0.217. The van der Waals surface area contributed by atoms with E-state index in [0.29, 0.717) is 34.0 Å². The highest BCUT2D eigenvalue weighted by Crippen LogP contribution is 2.34. The highest BCUT2D eigenvalue weighted by atomic mass is 35.5. The molecule has 0 radical (unpaired) electrons. The van der Waals surface area contributed by atoms with Gasteiger partial charge in [-0.2, -0.15) is 0 Å². The topological polar surface area (TPSA) is 93.6 Å².